The lowest BCUT2D eigenvalue weighted by atomic mass is 10.2. The molecule has 2 rings (SSSR count). The molecule has 0 amide bonds. The zero-order chi connectivity index (χ0) is 11.8. The first-order valence-corrected chi connectivity index (χ1v) is 7.16. The number of hydrogen-bond acceptors (Lipinski definition) is 6. The molecule has 2 fully saturated rings. The maximum absolute atomic E-state index is 10.9. The van der Waals surface area contributed by atoms with Gasteiger partial charge in [-0.1, -0.05) is 0 Å². The second-order valence-electron chi connectivity index (χ2n) is 4.30. The van der Waals surface area contributed by atoms with Gasteiger partial charge in [-0.05, 0) is 12.8 Å². The highest BCUT2D eigenvalue weighted by atomic mass is 32.2. The molecule has 0 spiro atoms. The molecule has 16 heavy (non-hydrogen) atoms. The summed E-state index contributed by atoms with van der Waals surface area (Å²) in [7, 11) is -3.36. The smallest absolute Gasteiger partial charge is 0.264 e. The van der Waals surface area contributed by atoms with Gasteiger partial charge in [0.2, 0.25) is 0 Å². The molecule has 7 heteroatoms. The number of carbonyl (C=O) groups is 1. The zero-order valence-corrected chi connectivity index (χ0v) is 10.0. The van der Waals surface area contributed by atoms with E-state index in [0.717, 1.165) is 31.9 Å². The largest absolute Gasteiger partial charge is 0.302 e. The van der Waals surface area contributed by atoms with Gasteiger partial charge in [0, 0.05) is 19.6 Å². The van der Waals surface area contributed by atoms with Crippen molar-refractivity contribution in [2.75, 3.05) is 25.9 Å². The molecule has 2 saturated heterocycles. The summed E-state index contributed by atoms with van der Waals surface area (Å²) < 4.78 is 26.6. The number of aldehydes is 1. The molecule has 2 aliphatic rings. The molecule has 0 saturated carbocycles. The molecule has 2 heterocycles. The van der Waals surface area contributed by atoms with Crippen LogP contribution in [0.5, 0.6) is 0 Å². The van der Waals surface area contributed by atoms with Crippen LogP contribution in [-0.2, 0) is 19.1 Å². The van der Waals surface area contributed by atoms with Crippen LogP contribution < -0.4 is 0 Å². The first-order chi connectivity index (χ1) is 7.49. The highest BCUT2D eigenvalue weighted by Gasteiger charge is 2.38. The van der Waals surface area contributed by atoms with Crippen molar-refractivity contribution in [2.24, 2.45) is 0 Å². The van der Waals surface area contributed by atoms with Crippen LogP contribution in [0.3, 0.4) is 0 Å². The van der Waals surface area contributed by atoms with Crippen molar-refractivity contribution < 1.29 is 17.4 Å². The molecule has 0 unspecified atom stereocenters. The molecule has 0 radical (unpaired) electrons. The molecule has 92 valence electrons. The number of hydrogen-bond donors (Lipinski definition) is 0. The molecule has 2 aliphatic heterocycles. The van der Waals surface area contributed by atoms with Gasteiger partial charge in [-0.15, -0.1) is 0 Å². The Morgan fingerprint density at radius 1 is 1.38 bits per heavy atom. The van der Waals surface area contributed by atoms with Crippen molar-refractivity contribution in [3.05, 3.63) is 0 Å². The van der Waals surface area contributed by atoms with E-state index >= 15 is 0 Å². The Morgan fingerprint density at radius 3 is 2.62 bits per heavy atom. The molecule has 0 aromatic rings. The van der Waals surface area contributed by atoms with E-state index in [1.165, 1.54) is 0 Å². The second kappa shape index (κ2) is 4.40. The predicted molar refractivity (Wildman–Crippen MR) is 57.1 cm³/mol. The number of hydrazine groups is 1. The maximum Gasteiger partial charge on any atom is 0.264 e. The van der Waals surface area contributed by atoms with Gasteiger partial charge < -0.3 is 4.79 Å². The average Bonchev–Trinajstić information content (AvgIpc) is 2.56. The molecule has 0 aliphatic carbocycles. The topological polar surface area (TPSA) is 66.9 Å². The van der Waals surface area contributed by atoms with E-state index in [1.54, 1.807) is 0 Å². The highest BCUT2D eigenvalue weighted by molar-refractivity contribution is 7.86. The molecule has 1 atom stereocenters. The number of nitrogens with zero attached hydrogens (tertiary/aromatic N) is 2. The van der Waals surface area contributed by atoms with Crippen LogP contribution in [-0.4, -0.2) is 62.8 Å². The van der Waals surface area contributed by atoms with Gasteiger partial charge in [-0.2, -0.15) is 8.42 Å². The Balaban J connectivity index is 1.82. The van der Waals surface area contributed by atoms with E-state index in [-0.39, 0.29) is 12.1 Å². The summed E-state index contributed by atoms with van der Waals surface area (Å²) in [5.41, 5.74) is 0. The van der Waals surface area contributed by atoms with Crippen molar-refractivity contribution in [1.29, 1.82) is 0 Å². The highest BCUT2D eigenvalue weighted by Crippen LogP contribution is 2.24. The lowest BCUT2D eigenvalue weighted by Gasteiger charge is -2.44. The Kier molecular flexibility index (Phi) is 3.29. The standard InChI is InChI=1S/C9H16N2O4S/c1-16(13,14)15-9-5-10(6-9)11-4-2-3-8(11)7-12/h7-9H,2-6H2,1H3/t8-/m0/s1. The molecule has 6 nitrogen and oxygen atoms in total. The number of carbonyl (C=O) groups excluding carboxylic acids is 1. The molecule has 0 aromatic heterocycles. The molecule has 0 bridgehead atoms. The Morgan fingerprint density at radius 2 is 2.06 bits per heavy atom. The van der Waals surface area contributed by atoms with Crippen molar-refractivity contribution in [3.63, 3.8) is 0 Å². The fourth-order valence-electron chi connectivity index (χ4n) is 2.20. The fourth-order valence-corrected chi connectivity index (χ4v) is 2.82. The lowest BCUT2D eigenvalue weighted by Crippen LogP contribution is -2.61. The third-order valence-electron chi connectivity index (χ3n) is 2.93. The second-order valence-corrected chi connectivity index (χ2v) is 5.90. The summed E-state index contributed by atoms with van der Waals surface area (Å²) in [6.45, 7) is 1.98. The molecule has 0 aromatic carbocycles. The van der Waals surface area contributed by atoms with Crippen LogP contribution >= 0.6 is 0 Å². The van der Waals surface area contributed by atoms with Crippen LogP contribution in [0.1, 0.15) is 12.8 Å². The minimum Gasteiger partial charge on any atom is -0.302 e. The van der Waals surface area contributed by atoms with E-state index in [2.05, 4.69) is 0 Å². The van der Waals surface area contributed by atoms with Crippen LogP contribution in [0.15, 0.2) is 0 Å². The summed E-state index contributed by atoms with van der Waals surface area (Å²) in [5.74, 6) is 0. The van der Waals surface area contributed by atoms with E-state index in [0.29, 0.717) is 13.1 Å². The quantitative estimate of drug-likeness (QED) is 0.480. The Bertz CT molecular complexity index is 364. The van der Waals surface area contributed by atoms with E-state index in [1.807, 2.05) is 10.0 Å². The van der Waals surface area contributed by atoms with Gasteiger partial charge in [-0.3, -0.25) is 4.18 Å². The average molecular weight is 248 g/mol. The van der Waals surface area contributed by atoms with E-state index in [9.17, 15) is 13.2 Å². The third-order valence-corrected chi connectivity index (χ3v) is 3.55. The molecular formula is C9H16N2O4S. The van der Waals surface area contributed by atoms with Gasteiger partial charge in [-0.25, -0.2) is 10.0 Å². The van der Waals surface area contributed by atoms with Crippen LogP contribution in [0.25, 0.3) is 0 Å². The third kappa shape index (κ3) is 2.60. The first-order valence-electron chi connectivity index (χ1n) is 5.34. The van der Waals surface area contributed by atoms with Gasteiger partial charge in [0.15, 0.2) is 0 Å². The van der Waals surface area contributed by atoms with Crippen LogP contribution in [0.2, 0.25) is 0 Å². The predicted octanol–water partition coefficient (Wildman–Crippen LogP) is -0.775. The monoisotopic (exact) mass is 248 g/mol. The van der Waals surface area contributed by atoms with Gasteiger partial charge >= 0.3 is 0 Å². The maximum atomic E-state index is 10.9. The van der Waals surface area contributed by atoms with E-state index in [4.69, 9.17) is 4.18 Å². The Hall–Kier alpha value is -0.500. The van der Waals surface area contributed by atoms with Crippen molar-refractivity contribution in [3.8, 4) is 0 Å². The Labute approximate surface area is 95.2 Å². The van der Waals surface area contributed by atoms with E-state index < -0.39 is 10.1 Å². The van der Waals surface area contributed by atoms with Crippen molar-refractivity contribution in [2.45, 2.75) is 25.0 Å². The molecule has 0 N–H and O–H groups in total. The normalized spacial score (nSPS) is 29.2. The van der Waals surface area contributed by atoms with Crippen LogP contribution in [0, 0.1) is 0 Å². The van der Waals surface area contributed by atoms with Crippen LogP contribution in [0.4, 0.5) is 0 Å². The van der Waals surface area contributed by atoms with Gasteiger partial charge in [0.1, 0.15) is 12.4 Å². The zero-order valence-electron chi connectivity index (χ0n) is 9.20. The summed E-state index contributed by atoms with van der Waals surface area (Å²) in [5, 5.41) is 4.00. The summed E-state index contributed by atoms with van der Waals surface area (Å²) in [6, 6.07) is -0.0424. The van der Waals surface area contributed by atoms with Gasteiger partial charge in [0.25, 0.3) is 10.1 Å². The summed E-state index contributed by atoms with van der Waals surface area (Å²) >= 11 is 0. The lowest BCUT2D eigenvalue weighted by molar-refractivity contribution is -0.143. The minimum atomic E-state index is -3.36. The van der Waals surface area contributed by atoms with Crippen molar-refractivity contribution in [1.82, 2.24) is 10.0 Å². The minimum absolute atomic E-state index is 0.0424. The first kappa shape index (κ1) is 12.0. The van der Waals surface area contributed by atoms with Crippen molar-refractivity contribution >= 4 is 16.4 Å². The fraction of sp³-hybridized carbons (Fsp3) is 0.889. The summed E-state index contributed by atoms with van der Waals surface area (Å²) in [6.07, 6.45) is 3.65. The number of rotatable bonds is 4. The summed E-state index contributed by atoms with van der Waals surface area (Å²) in [4.78, 5) is 10.8. The molecular weight excluding hydrogens is 232 g/mol. The SMILES string of the molecule is CS(=O)(=O)OC1CN(N2CCC[C@H]2C=O)C1. The van der Waals surface area contributed by atoms with Gasteiger partial charge in [0.05, 0.1) is 12.3 Å².